The molecule has 0 atom stereocenters. The SMILES string of the molecule is O=C(Nc1nnc(CC[NH+]2CCOCC2)s1)c1cccc(Cl)c1. The lowest BCUT2D eigenvalue weighted by molar-refractivity contribution is -0.907. The molecule has 0 aliphatic carbocycles. The molecule has 122 valence electrons. The molecule has 6 nitrogen and oxygen atoms in total. The Morgan fingerprint density at radius 2 is 2.17 bits per heavy atom. The number of anilines is 1. The number of rotatable bonds is 5. The number of morpholine rings is 1. The molecule has 1 aromatic carbocycles. The van der Waals surface area contributed by atoms with Gasteiger partial charge in [-0.2, -0.15) is 0 Å². The Morgan fingerprint density at radius 3 is 2.96 bits per heavy atom. The van der Waals surface area contributed by atoms with Crippen molar-refractivity contribution in [3.63, 3.8) is 0 Å². The van der Waals surface area contributed by atoms with E-state index in [2.05, 4.69) is 15.5 Å². The van der Waals surface area contributed by atoms with Crippen LogP contribution in [0.1, 0.15) is 15.4 Å². The van der Waals surface area contributed by atoms with Gasteiger partial charge in [-0.25, -0.2) is 0 Å². The molecule has 0 unspecified atom stereocenters. The first-order valence-electron chi connectivity index (χ1n) is 7.51. The molecular formula is C15H18ClN4O2S+. The van der Waals surface area contributed by atoms with Gasteiger partial charge in [0.25, 0.3) is 5.91 Å². The number of hydrogen-bond donors (Lipinski definition) is 2. The first-order valence-corrected chi connectivity index (χ1v) is 8.71. The van der Waals surface area contributed by atoms with Crippen LogP contribution in [0.3, 0.4) is 0 Å². The smallest absolute Gasteiger partial charge is 0.257 e. The van der Waals surface area contributed by atoms with Crippen molar-refractivity contribution in [1.29, 1.82) is 0 Å². The molecule has 1 aromatic heterocycles. The van der Waals surface area contributed by atoms with Crippen LogP contribution in [0.2, 0.25) is 5.02 Å². The van der Waals surface area contributed by atoms with Gasteiger partial charge in [0.05, 0.1) is 26.2 Å². The Hall–Kier alpha value is -1.54. The second kappa shape index (κ2) is 7.83. The quantitative estimate of drug-likeness (QED) is 0.838. The van der Waals surface area contributed by atoms with E-state index in [1.165, 1.54) is 16.2 Å². The Labute approximate surface area is 143 Å². The van der Waals surface area contributed by atoms with E-state index in [1.807, 2.05) is 0 Å². The number of hydrogen-bond acceptors (Lipinski definition) is 5. The van der Waals surface area contributed by atoms with Gasteiger partial charge in [0.2, 0.25) is 5.13 Å². The fourth-order valence-electron chi connectivity index (χ4n) is 2.40. The Balaban J connectivity index is 1.53. The summed E-state index contributed by atoms with van der Waals surface area (Å²) in [5.41, 5.74) is 0.506. The summed E-state index contributed by atoms with van der Waals surface area (Å²) >= 11 is 7.31. The van der Waals surface area contributed by atoms with E-state index in [4.69, 9.17) is 16.3 Å². The number of nitrogens with zero attached hydrogens (tertiary/aromatic N) is 2. The first-order chi connectivity index (χ1) is 11.2. The molecule has 3 rings (SSSR count). The number of halogens is 1. The van der Waals surface area contributed by atoms with E-state index < -0.39 is 0 Å². The molecule has 23 heavy (non-hydrogen) atoms. The van der Waals surface area contributed by atoms with Crippen LogP contribution in [-0.2, 0) is 11.2 Å². The summed E-state index contributed by atoms with van der Waals surface area (Å²) in [4.78, 5) is 13.7. The van der Waals surface area contributed by atoms with Gasteiger partial charge in [-0.05, 0) is 18.2 Å². The standard InChI is InChI=1S/C15H17ClN4O2S/c16-12-3-1-2-11(10-12)14(21)17-15-19-18-13(23-15)4-5-20-6-8-22-9-7-20/h1-3,10H,4-9H2,(H,17,19,21)/p+1. The maximum Gasteiger partial charge on any atom is 0.257 e. The van der Waals surface area contributed by atoms with Crippen LogP contribution >= 0.6 is 22.9 Å². The van der Waals surface area contributed by atoms with Gasteiger partial charge < -0.3 is 9.64 Å². The van der Waals surface area contributed by atoms with Crippen molar-refractivity contribution in [1.82, 2.24) is 10.2 Å². The Bertz CT molecular complexity index is 673. The molecular weight excluding hydrogens is 336 g/mol. The Kier molecular flexibility index (Phi) is 5.56. The predicted octanol–water partition coefficient (Wildman–Crippen LogP) is 0.901. The van der Waals surface area contributed by atoms with Crippen molar-refractivity contribution in [2.45, 2.75) is 6.42 Å². The van der Waals surface area contributed by atoms with E-state index in [0.29, 0.717) is 15.7 Å². The monoisotopic (exact) mass is 353 g/mol. The summed E-state index contributed by atoms with van der Waals surface area (Å²) < 4.78 is 5.35. The van der Waals surface area contributed by atoms with Crippen LogP contribution in [0.25, 0.3) is 0 Å². The topological polar surface area (TPSA) is 68.5 Å². The van der Waals surface area contributed by atoms with Crippen molar-refractivity contribution in [2.75, 3.05) is 38.2 Å². The number of quaternary nitrogens is 1. The second-order valence-corrected chi connectivity index (χ2v) is 6.83. The van der Waals surface area contributed by atoms with Crippen LogP contribution in [0.5, 0.6) is 0 Å². The third-order valence-electron chi connectivity index (χ3n) is 3.67. The lowest BCUT2D eigenvalue weighted by Crippen LogP contribution is -3.14. The highest BCUT2D eigenvalue weighted by atomic mass is 35.5. The minimum Gasteiger partial charge on any atom is -0.370 e. The largest absolute Gasteiger partial charge is 0.370 e. The minimum atomic E-state index is -0.228. The molecule has 1 aliphatic heterocycles. The van der Waals surface area contributed by atoms with Crippen LogP contribution < -0.4 is 10.2 Å². The minimum absolute atomic E-state index is 0.228. The van der Waals surface area contributed by atoms with Gasteiger partial charge >= 0.3 is 0 Å². The zero-order chi connectivity index (χ0) is 16.1. The van der Waals surface area contributed by atoms with E-state index in [1.54, 1.807) is 24.3 Å². The summed E-state index contributed by atoms with van der Waals surface area (Å²) in [6, 6.07) is 6.81. The number of amides is 1. The lowest BCUT2D eigenvalue weighted by Gasteiger charge is -2.23. The number of carbonyl (C=O) groups is 1. The predicted molar refractivity (Wildman–Crippen MR) is 89.4 cm³/mol. The molecule has 8 heteroatoms. The van der Waals surface area contributed by atoms with Gasteiger partial charge in [0.15, 0.2) is 0 Å². The van der Waals surface area contributed by atoms with Crippen LogP contribution in [-0.4, -0.2) is 49.0 Å². The van der Waals surface area contributed by atoms with Crippen LogP contribution in [0, 0.1) is 0 Å². The van der Waals surface area contributed by atoms with Crippen LogP contribution in [0.15, 0.2) is 24.3 Å². The molecule has 2 heterocycles. The summed E-state index contributed by atoms with van der Waals surface area (Å²) in [6.45, 7) is 4.74. The van der Waals surface area contributed by atoms with E-state index in [9.17, 15) is 4.79 Å². The maximum absolute atomic E-state index is 12.1. The zero-order valence-corrected chi connectivity index (χ0v) is 14.1. The number of carbonyl (C=O) groups excluding carboxylic acids is 1. The fourth-order valence-corrected chi connectivity index (χ4v) is 3.32. The van der Waals surface area contributed by atoms with E-state index >= 15 is 0 Å². The highest BCUT2D eigenvalue weighted by molar-refractivity contribution is 7.15. The third kappa shape index (κ3) is 4.71. The van der Waals surface area contributed by atoms with Gasteiger partial charge in [-0.3, -0.25) is 10.1 Å². The molecule has 1 fully saturated rings. The summed E-state index contributed by atoms with van der Waals surface area (Å²) in [5.74, 6) is -0.228. The third-order valence-corrected chi connectivity index (χ3v) is 4.80. The molecule has 1 saturated heterocycles. The molecule has 0 bridgehead atoms. The summed E-state index contributed by atoms with van der Waals surface area (Å²) in [7, 11) is 0. The van der Waals surface area contributed by atoms with Gasteiger partial charge in [-0.1, -0.05) is 29.0 Å². The first kappa shape index (κ1) is 16.3. The summed E-state index contributed by atoms with van der Waals surface area (Å²) in [5, 5.41) is 12.9. The molecule has 0 saturated carbocycles. The molecule has 1 aliphatic rings. The van der Waals surface area contributed by atoms with Crippen LogP contribution in [0.4, 0.5) is 5.13 Å². The second-order valence-electron chi connectivity index (χ2n) is 5.33. The highest BCUT2D eigenvalue weighted by Crippen LogP contribution is 2.17. The average molecular weight is 354 g/mol. The van der Waals surface area contributed by atoms with Crippen molar-refractivity contribution < 1.29 is 14.4 Å². The molecule has 0 radical (unpaired) electrons. The van der Waals surface area contributed by atoms with Crippen molar-refractivity contribution in [3.8, 4) is 0 Å². The normalized spacial score (nSPS) is 15.5. The van der Waals surface area contributed by atoms with Crippen molar-refractivity contribution in [2.24, 2.45) is 0 Å². The number of benzene rings is 1. The molecule has 0 spiro atoms. The number of nitrogens with one attached hydrogen (secondary N) is 2. The number of ether oxygens (including phenoxy) is 1. The Morgan fingerprint density at radius 1 is 1.35 bits per heavy atom. The maximum atomic E-state index is 12.1. The van der Waals surface area contributed by atoms with Crippen molar-refractivity contribution >= 4 is 34.0 Å². The molecule has 2 aromatic rings. The average Bonchev–Trinajstić information content (AvgIpc) is 3.01. The zero-order valence-electron chi connectivity index (χ0n) is 12.5. The molecule has 1 amide bonds. The molecule has 2 N–H and O–H groups in total. The van der Waals surface area contributed by atoms with Crippen molar-refractivity contribution in [3.05, 3.63) is 39.9 Å². The number of aromatic nitrogens is 2. The van der Waals surface area contributed by atoms with Gasteiger partial charge in [0.1, 0.15) is 18.1 Å². The lowest BCUT2D eigenvalue weighted by atomic mass is 10.2. The van der Waals surface area contributed by atoms with Gasteiger partial charge in [-0.15, -0.1) is 10.2 Å². The van der Waals surface area contributed by atoms with Gasteiger partial charge in [0, 0.05) is 10.6 Å². The van der Waals surface area contributed by atoms with E-state index in [-0.39, 0.29) is 5.91 Å². The highest BCUT2D eigenvalue weighted by Gasteiger charge is 2.15. The fraction of sp³-hybridized carbons (Fsp3) is 0.400. The summed E-state index contributed by atoms with van der Waals surface area (Å²) in [6.07, 6.45) is 0.861. The van der Waals surface area contributed by atoms with E-state index in [0.717, 1.165) is 44.3 Å².